The first-order valence-corrected chi connectivity index (χ1v) is 3.33. The van der Waals surface area contributed by atoms with Crippen molar-refractivity contribution in [1.82, 2.24) is 0 Å². The first-order chi connectivity index (χ1) is 5.66. The molecule has 0 fully saturated rings. The van der Waals surface area contributed by atoms with Crippen molar-refractivity contribution < 1.29 is 20.1 Å². The van der Waals surface area contributed by atoms with Gasteiger partial charge in [-0.15, -0.1) is 0 Å². The third-order valence-electron chi connectivity index (χ3n) is 1.52. The van der Waals surface area contributed by atoms with Gasteiger partial charge < -0.3 is 20.1 Å². The van der Waals surface area contributed by atoms with Gasteiger partial charge in [0, 0.05) is 12.0 Å². The maximum absolute atomic E-state index is 10.1. The summed E-state index contributed by atoms with van der Waals surface area (Å²) in [6.45, 7) is 0. The third kappa shape index (κ3) is 1.32. The van der Waals surface area contributed by atoms with E-state index >= 15 is 0 Å². The average molecular weight is 168 g/mol. The fourth-order valence-corrected chi connectivity index (χ4v) is 0.865. The van der Waals surface area contributed by atoms with E-state index in [0.717, 1.165) is 0 Å². The quantitative estimate of drug-likeness (QED) is 0.445. The minimum atomic E-state index is -0.589. The van der Waals surface area contributed by atoms with E-state index in [4.69, 9.17) is 15.3 Å². The van der Waals surface area contributed by atoms with Crippen LogP contribution in [0.1, 0.15) is 5.56 Å². The minimum Gasteiger partial charge on any atom is -0.504 e. The molecule has 0 saturated heterocycles. The topological polar surface area (TPSA) is 77.8 Å². The van der Waals surface area contributed by atoms with Crippen molar-refractivity contribution in [2.45, 2.75) is 6.42 Å². The van der Waals surface area contributed by atoms with Crippen LogP contribution in [0, 0.1) is 0 Å². The van der Waals surface area contributed by atoms with E-state index in [1.54, 1.807) is 0 Å². The summed E-state index contributed by atoms with van der Waals surface area (Å²) in [7, 11) is 0. The molecular weight excluding hydrogens is 160 g/mol. The van der Waals surface area contributed by atoms with Crippen LogP contribution >= 0.6 is 0 Å². The molecule has 0 spiro atoms. The molecule has 0 saturated carbocycles. The highest BCUT2D eigenvalue weighted by Gasteiger charge is 2.09. The second-order valence-electron chi connectivity index (χ2n) is 2.31. The fourth-order valence-electron chi connectivity index (χ4n) is 0.865. The lowest BCUT2D eigenvalue weighted by Gasteiger charge is -2.03. The Labute approximate surface area is 68.7 Å². The van der Waals surface area contributed by atoms with E-state index in [2.05, 4.69) is 0 Å². The van der Waals surface area contributed by atoms with Crippen molar-refractivity contribution in [3.8, 4) is 17.2 Å². The van der Waals surface area contributed by atoms with Gasteiger partial charge in [0.1, 0.15) is 6.29 Å². The van der Waals surface area contributed by atoms with Crippen molar-refractivity contribution in [2.75, 3.05) is 0 Å². The maximum Gasteiger partial charge on any atom is 0.200 e. The standard InChI is InChI=1S/C8H8O4/c9-4-3-5-1-2-6(10)8(12)7(5)11/h1-2,4,10-12H,3H2. The predicted molar refractivity (Wildman–Crippen MR) is 41.2 cm³/mol. The van der Waals surface area contributed by atoms with E-state index in [1.807, 2.05) is 0 Å². The highest BCUT2D eigenvalue weighted by Crippen LogP contribution is 2.36. The lowest BCUT2D eigenvalue weighted by atomic mass is 10.1. The van der Waals surface area contributed by atoms with Gasteiger partial charge in [0.05, 0.1) is 0 Å². The SMILES string of the molecule is O=CCc1ccc(O)c(O)c1O. The first-order valence-electron chi connectivity index (χ1n) is 3.33. The molecule has 4 heteroatoms. The highest BCUT2D eigenvalue weighted by molar-refractivity contribution is 5.62. The first kappa shape index (κ1) is 8.39. The van der Waals surface area contributed by atoms with Crippen LogP contribution in [-0.2, 0) is 11.2 Å². The number of aromatic hydroxyl groups is 3. The minimum absolute atomic E-state index is 0.0136. The number of aldehydes is 1. The van der Waals surface area contributed by atoms with Crippen LogP contribution in [0.2, 0.25) is 0 Å². The van der Waals surface area contributed by atoms with Gasteiger partial charge >= 0.3 is 0 Å². The van der Waals surface area contributed by atoms with Gasteiger partial charge in [0.15, 0.2) is 11.5 Å². The van der Waals surface area contributed by atoms with Crippen LogP contribution in [0.3, 0.4) is 0 Å². The Bertz CT molecular complexity index is 306. The summed E-state index contributed by atoms with van der Waals surface area (Å²) in [5.41, 5.74) is 0.292. The zero-order chi connectivity index (χ0) is 9.14. The monoisotopic (exact) mass is 168 g/mol. The molecule has 0 aliphatic carbocycles. The number of hydrogen-bond donors (Lipinski definition) is 3. The Hall–Kier alpha value is -1.71. The van der Waals surface area contributed by atoms with Gasteiger partial charge in [-0.1, -0.05) is 6.07 Å². The van der Waals surface area contributed by atoms with Crippen molar-refractivity contribution in [2.24, 2.45) is 0 Å². The average Bonchev–Trinajstić information content (AvgIpc) is 2.07. The largest absolute Gasteiger partial charge is 0.504 e. The molecule has 3 N–H and O–H groups in total. The number of carbonyl (C=O) groups is 1. The van der Waals surface area contributed by atoms with E-state index < -0.39 is 17.2 Å². The summed E-state index contributed by atoms with van der Waals surface area (Å²) >= 11 is 0. The number of rotatable bonds is 2. The Kier molecular flexibility index (Phi) is 2.19. The second kappa shape index (κ2) is 3.13. The van der Waals surface area contributed by atoms with Crippen molar-refractivity contribution in [1.29, 1.82) is 0 Å². The summed E-state index contributed by atoms with van der Waals surface area (Å²) < 4.78 is 0. The number of benzene rings is 1. The highest BCUT2D eigenvalue weighted by atomic mass is 16.3. The lowest BCUT2D eigenvalue weighted by Crippen LogP contribution is -1.86. The fraction of sp³-hybridized carbons (Fsp3) is 0.125. The summed E-state index contributed by atoms with van der Waals surface area (Å²) in [5, 5.41) is 27.0. The molecule has 1 rings (SSSR count). The van der Waals surface area contributed by atoms with Gasteiger partial charge in [-0.3, -0.25) is 0 Å². The molecule has 64 valence electrons. The second-order valence-corrected chi connectivity index (χ2v) is 2.31. The molecule has 4 nitrogen and oxygen atoms in total. The molecule has 0 aliphatic rings. The Morgan fingerprint density at radius 2 is 1.83 bits per heavy atom. The van der Waals surface area contributed by atoms with E-state index in [0.29, 0.717) is 11.8 Å². The van der Waals surface area contributed by atoms with Gasteiger partial charge in [0.25, 0.3) is 0 Å². The van der Waals surface area contributed by atoms with E-state index in [9.17, 15) is 4.79 Å². The molecule has 0 aliphatic heterocycles. The Morgan fingerprint density at radius 1 is 1.17 bits per heavy atom. The predicted octanol–water partition coefficient (Wildman–Crippen LogP) is 0.545. The summed E-state index contributed by atoms with van der Waals surface area (Å²) in [4.78, 5) is 10.1. The van der Waals surface area contributed by atoms with Gasteiger partial charge in [-0.05, 0) is 6.07 Å². The van der Waals surface area contributed by atoms with Crippen molar-refractivity contribution >= 4 is 6.29 Å². The van der Waals surface area contributed by atoms with E-state index in [-0.39, 0.29) is 6.42 Å². The van der Waals surface area contributed by atoms with Crippen LogP contribution in [0.15, 0.2) is 12.1 Å². The zero-order valence-electron chi connectivity index (χ0n) is 6.19. The molecule has 1 aromatic rings. The van der Waals surface area contributed by atoms with Crippen LogP contribution in [0.5, 0.6) is 17.2 Å². The van der Waals surface area contributed by atoms with Crippen LogP contribution in [0.4, 0.5) is 0 Å². The van der Waals surface area contributed by atoms with Crippen LogP contribution in [0.25, 0.3) is 0 Å². The van der Waals surface area contributed by atoms with Crippen LogP contribution in [-0.4, -0.2) is 21.6 Å². The molecule has 0 bridgehead atoms. The summed E-state index contributed by atoms with van der Waals surface area (Å²) in [6, 6.07) is 2.59. The van der Waals surface area contributed by atoms with Crippen LogP contribution < -0.4 is 0 Å². The molecule has 0 heterocycles. The van der Waals surface area contributed by atoms with Crippen molar-refractivity contribution in [3.63, 3.8) is 0 Å². The molecule has 0 radical (unpaired) electrons. The zero-order valence-corrected chi connectivity index (χ0v) is 6.19. The van der Waals surface area contributed by atoms with Gasteiger partial charge in [-0.2, -0.15) is 0 Å². The van der Waals surface area contributed by atoms with Gasteiger partial charge in [-0.25, -0.2) is 0 Å². The smallest absolute Gasteiger partial charge is 0.200 e. The third-order valence-corrected chi connectivity index (χ3v) is 1.52. The van der Waals surface area contributed by atoms with E-state index in [1.165, 1.54) is 12.1 Å². The Morgan fingerprint density at radius 3 is 2.42 bits per heavy atom. The molecule has 0 atom stereocenters. The normalized spacial score (nSPS) is 9.67. The number of carbonyl (C=O) groups excluding carboxylic acids is 1. The number of phenolic OH excluding ortho intramolecular Hbond substituents is 3. The molecule has 0 amide bonds. The summed E-state index contributed by atoms with van der Waals surface area (Å²) in [5.74, 6) is -1.43. The Balaban J connectivity index is 3.16. The molecule has 0 unspecified atom stereocenters. The molecule has 0 aromatic heterocycles. The maximum atomic E-state index is 10.1. The number of hydrogen-bond acceptors (Lipinski definition) is 4. The van der Waals surface area contributed by atoms with Gasteiger partial charge in [0.2, 0.25) is 5.75 Å². The molecule has 1 aromatic carbocycles. The number of phenols is 3. The molecular formula is C8H8O4. The van der Waals surface area contributed by atoms with Crippen molar-refractivity contribution in [3.05, 3.63) is 17.7 Å². The lowest BCUT2D eigenvalue weighted by molar-refractivity contribution is -0.107. The molecule has 12 heavy (non-hydrogen) atoms. The summed E-state index contributed by atoms with van der Waals surface area (Å²) in [6.07, 6.45) is 0.616.